The van der Waals surface area contributed by atoms with E-state index in [1.165, 1.54) is 16.7 Å². The van der Waals surface area contributed by atoms with E-state index in [1.54, 1.807) is 0 Å². The zero-order valence-electron chi connectivity index (χ0n) is 20.6. The smallest absolute Gasteiger partial charge is 0.191 e. The highest BCUT2D eigenvalue weighted by atomic mass is 127. The van der Waals surface area contributed by atoms with Crippen molar-refractivity contribution in [2.75, 3.05) is 26.8 Å². The van der Waals surface area contributed by atoms with Crippen molar-refractivity contribution in [3.63, 3.8) is 0 Å². The molecule has 4 rings (SSSR count). The van der Waals surface area contributed by atoms with Crippen molar-refractivity contribution >= 4 is 29.9 Å². The monoisotopic (exact) mass is 573 g/mol. The van der Waals surface area contributed by atoms with Gasteiger partial charge in [-0.2, -0.15) is 5.10 Å². The summed E-state index contributed by atoms with van der Waals surface area (Å²) in [4.78, 5) is 4.50. The molecule has 2 aromatic carbocycles. The molecule has 1 aliphatic rings. The Kier molecular flexibility index (Phi) is 9.13. The average molecular weight is 574 g/mol. The van der Waals surface area contributed by atoms with Crippen molar-refractivity contribution in [1.82, 2.24) is 20.4 Å². The number of halogens is 1. The van der Waals surface area contributed by atoms with Gasteiger partial charge in [0.15, 0.2) is 5.96 Å². The molecule has 1 aromatic heterocycles. The van der Waals surface area contributed by atoms with E-state index in [1.807, 2.05) is 18.7 Å². The molecule has 0 unspecified atom stereocenters. The minimum absolute atomic E-state index is 0. The molecule has 182 valence electrons. The van der Waals surface area contributed by atoms with Crippen molar-refractivity contribution in [1.29, 1.82) is 0 Å². The molecule has 0 aliphatic carbocycles. The highest BCUT2D eigenvalue weighted by molar-refractivity contribution is 14.0. The Morgan fingerprint density at radius 1 is 1.03 bits per heavy atom. The van der Waals surface area contributed by atoms with Crippen LogP contribution in [0.5, 0.6) is 0 Å². The number of para-hydroxylation sites is 1. The van der Waals surface area contributed by atoms with Crippen LogP contribution in [0.2, 0.25) is 0 Å². The van der Waals surface area contributed by atoms with Crippen LogP contribution in [0.3, 0.4) is 0 Å². The molecule has 34 heavy (non-hydrogen) atoms. The van der Waals surface area contributed by atoms with E-state index < -0.39 is 0 Å². The molecule has 0 bridgehead atoms. The average Bonchev–Trinajstić information content (AvgIpc) is 3.18. The number of nitrogens with one attached hydrogen (secondary N) is 2. The maximum Gasteiger partial charge on any atom is 0.191 e. The number of nitrogens with zero attached hydrogens (tertiary/aromatic N) is 3. The van der Waals surface area contributed by atoms with Crippen molar-refractivity contribution < 1.29 is 4.74 Å². The number of rotatable bonds is 6. The van der Waals surface area contributed by atoms with E-state index in [9.17, 15) is 0 Å². The second-order valence-electron chi connectivity index (χ2n) is 8.95. The van der Waals surface area contributed by atoms with E-state index in [2.05, 4.69) is 89.2 Å². The van der Waals surface area contributed by atoms with Crippen LogP contribution in [-0.2, 0) is 16.7 Å². The molecule has 3 aromatic rings. The molecule has 0 radical (unpaired) electrons. The second-order valence-corrected chi connectivity index (χ2v) is 8.95. The summed E-state index contributed by atoms with van der Waals surface area (Å²) in [6, 6.07) is 19.2. The fourth-order valence-corrected chi connectivity index (χ4v) is 4.86. The molecule has 2 N–H and O–H groups in total. The summed E-state index contributed by atoms with van der Waals surface area (Å²) in [6.07, 6.45) is 2.01. The van der Waals surface area contributed by atoms with Gasteiger partial charge in [-0.25, -0.2) is 4.68 Å². The quantitative estimate of drug-likeness (QED) is 0.252. The predicted octanol–water partition coefficient (Wildman–Crippen LogP) is 4.83. The minimum Gasteiger partial charge on any atom is -0.381 e. The number of hydrogen-bond donors (Lipinski definition) is 2. The van der Waals surface area contributed by atoms with Gasteiger partial charge in [0, 0.05) is 44.5 Å². The lowest BCUT2D eigenvalue weighted by atomic mass is 9.72. The molecule has 2 heterocycles. The number of aliphatic imine (C=N–C) groups is 1. The molecule has 0 saturated carbocycles. The molecule has 1 aliphatic heterocycles. The fraction of sp³-hybridized carbons (Fsp3) is 0.407. The van der Waals surface area contributed by atoms with E-state index in [0.717, 1.165) is 55.6 Å². The molecule has 1 saturated heterocycles. The summed E-state index contributed by atoms with van der Waals surface area (Å²) in [7, 11) is 1.83. The van der Waals surface area contributed by atoms with Crippen molar-refractivity contribution in [3.05, 3.63) is 82.7 Å². The molecule has 6 nitrogen and oxygen atoms in total. The Morgan fingerprint density at radius 3 is 2.41 bits per heavy atom. The number of aromatic nitrogens is 2. The summed E-state index contributed by atoms with van der Waals surface area (Å²) in [5.41, 5.74) is 7.20. The summed E-state index contributed by atoms with van der Waals surface area (Å²) in [6.45, 7) is 9.38. The Balaban J connectivity index is 0.00000324. The third-order valence-corrected chi connectivity index (χ3v) is 6.66. The number of aryl methyl sites for hydroxylation is 3. The zero-order chi connectivity index (χ0) is 23.3. The van der Waals surface area contributed by atoms with Gasteiger partial charge in [-0.3, -0.25) is 4.99 Å². The van der Waals surface area contributed by atoms with Crippen LogP contribution in [0, 0.1) is 20.8 Å². The zero-order valence-corrected chi connectivity index (χ0v) is 22.9. The van der Waals surface area contributed by atoms with Gasteiger partial charge in [0.2, 0.25) is 0 Å². The largest absolute Gasteiger partial charge is 0.381 e. The maximum absolute atomic E-state index is 5.71. The van der Waals surface area contributed by atoms with E-state index >= 15 is 0 Å². The van der Waals surface area contributed by atoms with E-state index in [4.69, 9.17) is 4.74 Å². The van der Waals surface area contributed by atoms with Gasteiger partial charge in [0.05, 0.1) is 11.4 Å². The minimum atomic E-state index is 0. The molecule has 0 spiro atoms. The third kappa shape index (κ3) is 5.81. The molecular formula is C27H36IN5O. The molecule has 7 heteroatoms. The van der Waals surface area contributed by atoms with Crippen molar-refractivity contribution in [2.24, 2.45) is 4.99 Å². The number of ether oxygens (including phenoxy) is 1. The lowest BCUT2D eigenvalue weighted by Crippen LogP contribution is -2.48. The standard InChI is InChI=1S/C27H35N5O.HI/c1-20-9-5-7-11-24(20)27(13-15-33-16-14-27)19-30-26(28-4)29-18-23-10-6-8-12-25(23)32-22(3)17-21(2)31-32;/h5-12,17H,13-16,18-19H2,1-4H3,(H2,28,29,30);1H. The van der Waals surface area contributed by atoms with Crippen LogP contribution in [-0.4, -0.2) is 42.5 Å². The van der Waals surface area contributed by atoms with Gasteiger partial charge in [-0.15, -0.1) is 24.0 Å². The Labute approximate surface area is 220 Å². The highest BCUT2D eigenvalue weighted by Crippen LogP contribution is 2.36. The SMILES string of the molecule is CN=C(NCc1ccccc1-n1nc(C)cc1C)NCC1(c2ccccc2C)CCOCC1.I. The van der Waals surface area contributed by atoms with Crippen molar-refractivity contribution in [3.8, 4) is 5.69 Å². The first-order valence-electron chi connectivity index (χ1n) is 11.7. The predicted molar refractivity (Wildman–Crippen MR) is 150 cm³/mol. The molecule has 1 fully saturated rings. The molecule has 0 amide bonds. The van der Waals surface area contributed by atoms with Crippen LogP contribution >= 0.6 is 24.0 Å². The van der Waals surface area contributed by atoms with Crippen LogP contribution in [0.15, 0.2) is 59.6 Å². The van der Waals surface area contributed by atoms with Crippen LogP contribution < -0.4 is 10.6 Å². The number of guanidine groups is 1. The van der Waals surface area contributed by atoms with Crippen molar-refractivity contribution in [2.45, 2.75) is 45.6 Å². The first-order valence-corrected chi connectivity index (χ1v) is 11.7. The number of benzene rings is 2. The van der Waals surface area contributed by atoms with Gasteiger partial charge < -0.3 is 15.4 Å². The fourth-order valence-electron chi connectivity index (χ4n) is 4.86. The summed E-state index contributed by atoms with van der Waals surface area (Å²) >= 11 is 0. The lowest BCUT2D eigenvalue weighted by molar-refractivity contribution is 0.0512. The van der Waals surface area contributed by atoms with Crippen LogP contribution in [0.4, 0.5) is 0 Å². The normalized spacial score (nSPS) is 15.5. The first-order chi connectivity index (χ1) is 16.0. The Hall–Kier alpha value is -2.39. The molecule has 0 atom stereocenters. The van der Waals surface area contributed by atoms with Gasteiger partial charge in [0.25, 0.3) is 0 Å². The topological polar surface area (TPSA) is 63.5 Å². The van der Waals surface area contributed by atoms with E-state index in [0.29, 0.717) is 6.54 Å². The first kappa shape index (κ1) is 26.2. The van der Waals surface area contributed by atoms with Crippen LogP contribution in [0.25, 0.3) is 5.69 Å². The van der Waals surface area contributed by atoms with E-state index in [-0.39, 0.29) is 29.4 Å². The van der Waals surface area contributed by atoms with Gasteiger partial charge in [-0.1, -0.05) is 42.5 Å². The molecular weight excluding hydrogens is 537 g/mol. The second kappa shape index (κ2) is 11.8. The lowest BCUT2D eigenvalue weighted by Gasteiger charge is -2.39. The third-order valence-electron chi connectivity index (χ3n) is 6.66. The summed E-state index contributed by atoms with van der Waals surface area (Å²) in [5.74, 6) is 0.803. The highest BCUT2D eigenvalue weighted by Gasteiger charge is 2.35. The van der Waals surface area contributed by atoms with Gasteiger partial charge in [0.1, 0.15) is 0 Å². The van der Waals surface area contributed by atoms with Crippen LogP contribution in [0.1, 0.15) is 40.9 Å². The van der Waals surface area contributed by atoms with Gasteiger partial charge >= 0.3 is 0 Å². The number of hydrogen-bond acceptors (Lipinski definition) is 3. The summed E-state index contributed by atoms with van der Waals surface area (Å²) in [5, 5.41) is 11.8. The Bertz CT molecular complexity index is 1120. The maximum atomic E-state index is 5.71. The van der Waals surface area contributed by atoms with Gasteiger partial charge in [-0.05, 0) is 62.4 Å². The Morgan fingerprint density at radius 2 is 1.74 bits per heavy atom. The summed E-state index contributed by atoms with van der Waals surface area (Å²) < 4.78 is 7.72.